The van der Waals surface area contributed by atoms with Crippen molar-refractivity contribution in [2.75, 3.05) is 6.61 Å². The molecule has 0 radical (unpaired) electrons. The SMILES string of the molecule is C[C@](O[Si](C)(C)C)(C(=O)O[Si](C)(C)C)[C@H](O[Si](C)(C)C)[C@@H](CO[Si](C)(C)C)O[Si](C)(C)C. The van der Waals surface area contributed by atoms with Crippen LogP contribution in [0.15, 0.2) is 0 Å². The van der Waals surface area contributed by atoms with Gasteiger partial charge in [-0.1, -0.05) is 0 Å². The van der Waals surface area contributed by atoms with Crippen molar-refractivity contribution < 1.29 is 26.9 Å². The maximum absolute atomic E-state index is 13.7. The highest BCUT2D eigenvalue weighted by atomic mass is 28.4. The minimum absolute atomic E-state index is 0.348. The molecular weight excluding hydrogens is 489 g/mol. The average Bonchev–Trinajstić information content (AvgIpc) is 2.42. The van der Waals surface area contributed by atoms with Gasteiger partial charge >= 0.3 is 5.97 Å². The van der Waals surface area contributed by atoms with E-state index in [2.05, 4.69) is 78.6 Å². The van der Waals surface area contributed by atoms with Crippen molar-refractivity contribution in [2.24, 2.45) is 0 Å². The Kier molecular flexibility index (Phi) is 11.1. The molecule has 0 unspecified atom stereocenters. The molecule has 0 saturated heterocycles. The van der Waals surface area contributed by atoms with E-state index in [1.807, 2.05) is 26.6 Å². The van der Waals surface area contributed by atoms with Crippen LogP contribution in [0.4, 0.5) is 0 Å². The fraction of sp³-hybridized carbons (Fsp3) is 0.952. The van der Waals surface area contributed by atoms with Gasteiger partial charge in [0, 0.05) is 0 Å². The molecule has 0 aliphatic heterocycles. The van der Waals surface area contributed by atoms with Crippen LogP contribution in [0, 0.1) is 0 Å². The molecule has 0 aromatic rings. The largest absolute Gasteiger partial charge is 0.518 e. The zero-order chi connectivity index (χ0) is 26.0. The van der Waals surface area contributed by atoms with Gasteiger partial charge < -0.3 is 22.1 Å². The Morgan fingerprint density at radius 1 is 0.656 bits per heavy atom. The molecule has 6 nitrogen and oxygen atoms in total. The van der Waals surface area contributed by atoms with E-state index in [1.165, 1.54) is 0 Å². The van der Waals surface area contributed by atoms with Crippen LogP contribution in [-0.4, -0.2) is 72.0 Å². The molecule has 0 N–H and O–H groups in total. The fourth-order valence-electron chi connectivity index (χ4n) is 3.12. The molecule has 0 aliphatic carbocycles. The van der Waals surface area contributed by atoms with Gasteiger partial charge in [-0.2, -0.15) is 0 Å². The van der Waals surface area contributed by atoms with Crippen molar-refractivity contribution in [3.05, 3.63) is 0 Å². The fourth-order valence-corrected chi connectivity index (χ4v) is 8.26. The Bertz CT molecular complexity index is 611. The summed E-state index contributed by atoms with van der Waals surface area (Å²) in [6.45, 7) is 33.8. The Morgan fingerprint density at radius 3 is 1.41 bits per heavy atom. The third-order valence-electron chi connectivity index (χ3n) is 3.87. The predicted molar refractivity (Wildman–Crippen MR) is 148 cm³/mol. The van der Waals surface area contributed by atoms with Crippen LogP contribution in [0.25, 0.3) is 0 Å². The van der Waals surface area contributed by atoms with Gasteiger partial charge in [-0.25, -0.2) is 0 Å². The summed E-state index contributed by atoms with van der Waals surface area (Å²) < 4.78 is 32.4. The Hall–Kier alpha value is 0.394. The number of carbonyl (C=O) groups excluding carboxylic acids is 1. The van der Waals surface area contributed by atoms with Crippen LogP contribution in [0.1, 0.15) is 6.92 Å². The highest BCUT2D eigenvalue weighted by Gasteiger charge is 2.53. The normalized spacial score (nSPS) is 18.1. The van der Waals surface area contributed by atoms with Crippen LogP contribution in [0.5, 0.6) is 0 Å². The van der Waals surface area contributed by atoms with Gasteiger partial charge in [0.25, 0.3) is 0 Å². The quantitative estimate of drug-likeness (QED) is 0.257. The standard InChI is InChI=1S/C21H52O6Si5/c1-21(27-32(14,15)16,20(22)26-31(11,12)13)19(25-30(8,9)10)18(24-29(5,6)7)17-23-28(2,3)4/h18-19H,17H2,1-16H3/t18-,19-,21-/m1/s1. The first-order chi connectivity index (χ1) is 13.7. The zero-order valence-corrected chi connectivity index (χ0v) is 28.8. The third-order valence-corrected chi connectivity index (χ3v) is 8.71. The molecule has 3 atom stereocenters. The van der Waals surface area contributed by atoms with E-state index in [-0.39, 0.29) is 5.97 Å². The lowest BCUT2D eigenvalue weighted by atomic mass is 9.95. The first-order valence-corrected chi connectivity index (χ1v) is 28.7. The lowest BCUT2D eigenvalue weighted by molar-refractivity contribution is -0.170. The van der Waals surface area contributed by atoms with Gasteiger partial charge in [0.15, 0.2) is 38.9 Å². The van der Waals surface area contributed by atoms with Crippen LogP contribution in [-0.2, 0) is 26.9 Å². The molecule has 0 saturated carbocycles. The molecule has 0 aromatic heterocycles. The van der Waals surface area contributed by atoms with Crippen LogP contribution in [0.2, 0.25) is 98.2 Å². The zero-order valence-electron chi connectivity index (χ0n) is 23.8. The predicted octanol–water partition coefficient (Wildman–Crippen LogP) is 6.27. The summed E-state index contributed by atoms with van der Waals surface area (Å²) in [6.07, 6.45) is -1.04. The summed E-state index contributed by atoms with van der Waals surface area (Å²) in [5.41, 5.74) is -1.28. The Balaban J connectivity index is 6.66. The summed E-state index contributed by atoms with van der Waals surface area (Å²) in [5.74, 6) is -0.348. The van der Waals surface area contributed by atoms with E-state index >= 15 is 0 Å². The lowest BCUT2D eigenvalue weighted by Gasteiger charge is -2.47. The number of rotatable bonds is 13. The molecule has 0 aliphatic rings. The first kappa shape index (κ1) is 32.4. The van der Waals surface area contributed by atoms with Crippen molar-refractivity contribution >= 4 is 47.6 Å². The molecule has 0 bridgehead atoms. The molecule has 0 amide bonds. The van der Waals surface area contributed by atoms with Crippen molar-refractivity contribution in [1.29, 1.82) is 0 Å². The molecule has 0 fully saturated rings. The number of carbonyl (C=O) groups is 1. The number of hydrogen-bond acceptors (Lipinski definition) is 6. The molecule has 0 aromatic carbocycles. The highest BCUT2D eigenvalue weighted by Crippen LogP contribution is 2.33. The van der Waals surface area contributed by atoms with Crippen molar-refractivity contribution in [2.45, 2.75) is 123 Å². The van der Waals surface area contributed by atoms with Gasteiger partial charge in [-0.3, -0.25) is 4.79 Å². The molecule has 192 valence electrons. The highest BCUT2D eigenvalue weighted by molar-refractivity contribution is 6.72. The molecule has 0 spiro atoms. The van der Waals surface area contributed by atoms with Crippen molar-refractivity contribution in [3.8, 4) is 0 Å². The monoisotopic (exact) mass is 540 g/mol. The van der Waals surface area contributed by atoms with Gasteiger partial charge in [0.2, 0.25) is 8.32 Å². The molecule has 11 heteroatoms. The van der Waals surface area contributed by atoms with Gasteiger partial charge in [-0.05, 0) is 105 Å². The van der Waals surface area contributed by atoms with E-state index in [9.17, 15) is 4.79 Å². The maximum atomic E-state index is 13.7. The summed E-state index contributed by atoms with van der Waals surface area (Å²) >= 11 is 0. The second kappa shape index (κ2) is 11.0. The average molecular weight is 541 g/mol. The van der Waals surface area contributed by atoms with E-state index in [0.29, 0.717) is 6.61 Å². The van der Waals surface area contributed by atoms with Gasteiger partial charge in [0.1, 0.15) is 6.10 Å². The van der Waals surface area contributed by atoms with Gasteiger partial charge in [-0.15, -0.1) is 0 Å². The second-order valence-corrected chi connectivity index (χ2v) is 36.0. The van der Waals surface area contributed by atoms with E-state index < -0.39 is 59.4 Å². The smallest absolute Gasteiger partial charge is 0.326 e. The minimum atomic E-state index is -2.16. The Labute approximate surface area is 203 Å². The third kappa shape index (κ3) is 13.9. The summed E-state index contributed by atoms with van der Waals surface area (Å²) in [6, 6.07) is 0. The number of hydrogen-bond donors (Lipinski definition) is 0. The van der Waals surface area contributed by atoms with E-state index in [4.69, 9.17) is 22.1 Å². The molecule has 0 heterocycles. The maximum Gasteiger partial charge on any atom is 0.326 e. The molecular formula is C21H52O6Si5. The van der Waals surface area contributed by atoms with Gasteiger partial charge in [0.05, 0.1) is 12.7 Å². The van der Waals surface area contributed by atoms with E-state index in [0.717, 1.165) is 0 Å². The van der Waals surface area contributed by atoms with Crippen LogP contribution >= 0.6 is 0 Å². The topological polar surface area (TPSA) is 63.2 Å². The summed E-state index contributed by atoms with van der Waals surface area (Å²) in [5, 5.41) is 0. The first-order valence-electron chi connectivity index (χ1n) is 11.7. The Morgan fingerprint density at radius 2 is 1.09 bits per heavy atom. The lowest BCUT2D eigenvalue weighted by Crippen LogP contribution is -2.65. The van der Waals surface area contributed by atoms with Crippen molar-refractivity contribution in [1.82, 2.24) is 0 Å². The minimum Gasteiger partial charge on any atom is -0.518 e. The summed E-state index contributed by atoms with van der Waals surface area (Å²) in [4.78, 5) is 13.7. The van der Waals surface area contributed by atoms with E-state index in [1.54, 1.807) is 0 Å². The van der Waals surface area contributed by atoms with Crippen molar-refractivity contribution in [3.63, 3.8) is 0 Å². The summed E-state index contributed by atoms with van der Waals surface area (Å²) in [7, 11) is -10.2. The molecule has 32 heavy (non-hydrogen) atoms. The second-order valence-electron chi connectivity index (χ2n) is 13.7. The molecule has 0 rings (SSSR count). The van der Waals surface area contributed by atoms with Crippen LogP contribution < -0.4 is 0 Å². The van der Waals surface area contributed by atoms with Crippen LogP contribution in [0.3, 0.4) is 0 Å².